The molecule has 170 valence electrons. The second-order valence-corrected chi connectivity index (χ2v) is 11.7. The Morgan fingerprint density at radius 3 is 2.41 bits per heavy atom. The zero-order valence-corrected chi connectivity index (χ0v) is 20.0. The molecule has 1 fully saturated rings. The van der Waals surface area contributed by atoms with Crippen LogP contribution in [0.3, 0.4) is 0 Å². The Labute approximate surface area is 192 Å². The second-order valence-electron chi connectivity index (χ2n) is 9.75. The number of anilines is 1. The molecule has 2 aromatic rings. The molecule has 3 unspecified atom stereocenters. The molecule has 2 aromatic carbocycles. The molecule has 1 aliphatic carbocycles. The summed E-state index contributed by atoms with van der Waals surface area (Å²) in [5, 5.41) is 3.74. The molecule has 5 rings (SSSR count). The van der Waals surface area contributed by atoms with Crippen LogP contribution in [0.4, 0.5) is 5.69 Å². The lowest BCUT2D eigenvalue weighted by Gasteiger charge is -2.38. The molecule has 2 aliphatic heterocycles. The third kappa shape index (κ3) is 3.78. The second kappa shape index (κ2) is 8.32. The zero-order chi connectivity index (χ0) is 22.5. The molecular formula is C26H33N3O2S. The lowest BCUT2D eigenvalue weighted by Crippen LogP contribution is -2.47. The lowest BCUT2D eigenvalue weighted by atomic mass is 9.77. The molecular weight excluding hydrogens is 418 g/mol. The fourth-order valence-corrected chi connectivity index (χ4v) is 6.79. The molecule has 3 aliphatic rings. The maximum absolute atomic E-state index is 13.3. The largest absolute Gasteiger partial charge is 0.378 e. The van der Waals surface area contributed by atoms with Crippen LogP contribution < -0.4 is 5.32 Å². The number of hydrogen-bond donors (Lipinski definition) is 1. The van der Waals surface area contributed by atoms with Crippen molar-refractivity contribution in [3.8, 4) is 0 Å². The van der Waals surface area contributed by atoms with Crippen LogP contribution in [0.15, 0.2) is 59.5 Å². The maximum Gasteiger partial charge on any atom is 0.243 e. The molecule has 32 heavy (non-hydrogen) atoms. The van der Waals surface area contributed by atoms with Gasteiger partial charge < -0.3 is 10.2 Å². The van der Waals surface area contributed by atoms with Crippen molar-refractivity contribution in [1.82, 2.24) is 9.21 Å². The van der Waals surface area contributed by atoms with Crippen LogP contribution in [0, 0.1) is 5.92 Å². The van der Waals surface area contributed by atoms with Crippen molar-refractivity contribution in [3.05, 3.63) is 71.3 Å². The van der Waals surface area contributed by atoms with Gasteiger partial charge in [0.05, 0.1) is 10.9 Å². The summed E-state index contributed by atoms with van der Waals surface area (Å²) >= 11 is 0. The summed E-state index contributed by atoms with van der Waals surface area (Å²) in [5.74, 6) is 1.16. The zero-order valence-electron chi connectivity index (χ0n) is 19.2. The summed E-state index contributed by atoms with van der Waals surface area (Å²) in [6, 6.07) is 14.9. The molecule has 0 amide bonds. The first-order chi connectivity index (χ1) is 15.3. The Morgan fingerprint density at radius 1 is 1.00 bits per heavy atom. The van der Waals surface area contributed by atoms with Crippen molar-refractivity contribution in [2.75, 3.05) is 38.5 Å². The number of allylic oxidation sites excluding steroid dienone is 2. The smallest absolute Gasteiger partial charge is 0.243 e. The van der Waals surface area contributed by atoms with Crippen LogP contribution in [0.1, 0.15) is 54.8 Å². The minimum atomic E-state index is -3.47. The molecule has 0 aromatic heterocycles. The quantitative estimate of drug-likeness (QED) is 0.692. The Hall–Kier alpha value is -2.15. The third-order valence-corrected chi connectivity index (χ3v) is 9.29. The van der Waals surface area contributed by atoms with E-state index in [4.69, 9.17) is 0 Å². The van der Waals surface area contributed by atoms with Crippen molar-refractivity contribution in [2.24, 2.45) is 5.92 Å². The number of hydrogen-bond acceptors (Lipinski definition) is 4. The van der Waals surface area contributed by atoms with E-state index in [1.54, 1.807) is 10.4 Å². The number of piperazine rings is 1. The van der Waals surface area contributed by atoms with Crippen LogP contribution in [-0.4, -0.2) is 50.8 Å². The molecule has 2 heterocycles. The summed E-state index contributed by atoms with van der Waals surface area (Å²) in [5.41, 5.74) is 4.81. The Morgan fingerprint density at radius 2 is 1.72 bits per heavy atom. The van der Waals surface area contributed by atoms with E-state index in [1.807, 2.05) is 19.2 Å². The third-order valence-electron chi connectivity index (χ3n) is 7.40. The van der Waals surface area contributed by atoms with Crippen molar-refractivity contribution >= 4 is 15.7 Å². The van der Waals surface area contributed by atoms with Gasteiger partial charge in [0.1, 0.15) is 0 Å². The number of likely N-dealkylation sites (N-methyl/N-ethyl adjacent to an activating group) is 1. The Bertz CT molecular complexity index is 1120. The van der Waals surface area contributed by atoms with Crippen molar-refractivity contribution < 1.29 is 8.42 Å². The molecule has 0 radical (unpaired) electrons. The minimum Gasteiger partial charge on any atom is -0.378 e. The monoisotopic (exact) mass is 451 g/mol. The Kier molecular flexibility index (Phi) is 5.64. The van der Waals surface area contributed by atoms with Crippen LogP contribution in [0.2, 0.25) is 0 Å². The van der Waals surface area contributed by atoms with Gasteiger partial charge in [-0.2, -0.15) is 4.31 Å². The number of fused-ring (bicyclic) bond motifs is 3. The maximum atomic E-state index is 13.3. The first-order valence-electron chi connectivity index (χ1n) is 11.7. The van der Waals surface area contributed by atoms with Gasteiger partial charge in [0, 0.05) is 37.8 Å². The lowest BCUT2D eigenvalue weighted by molar-refractivity contribution is 0.222. The highest BCUT2D eigenvalue weighted by atomic mass is 32.2. The van der Waals surface area contributed by atoms with Gasteiger partial charge in [0.25, 0.3) is 0 Å². The molecule has 0 saturated carbocycles. The molecule has 0 spiro atoms. The normalized spacial score (nSPS) is 26.1. The van der Waals surface area contributed by atoms with E-state index in [0.29, 0.717) is 29.8 Å². The summed E-state index contributed by atoms with van der Waals surface area (Å²) in [6.45, 7) is 7.08. The number of nitrogens with zero attached hydrogens (tertiary/aromatic N) is 2. The van der Waals surface area contributed by atoms with E-state index in [2.05, 4.69) is 60.5 Å². The highest BCUT2D eigenvalue weighted by molar-refractivity contribution is 7.89. The number of benzene rings is 2. The first kappa shape index (κ1) is 21.7. The fourth-order valence-electron chi connectivity index (χ4n) is 5.33. The topological polar surface area (TPSA) is 52.7 Å². The molecule has 1 N–H and O–H groups in total. The van der Waals surface area contributed by atoms with Crippen LogP contribution in [-0.2, 0) is 10.0 Å². The summed E-state index contributed by atoms with van der Waals surface area (Å²) in [6.07, 6.45) is 5.53. The number of rotatable bonds is 4. The molecule has 0 bridgehead atoms. The fraction of sp³-hybridized carbons (Fsp3) is 0.462. The van der Waals surface area contributed by atoms with Crippen LogP contribution in [0.25, 0.3) is 0 Å². The van der Waals surface area contributed by atoms with Gasteiger partial charge in [0.15, 0.2) is 0 Å². The number of sulfonamides is 1. The first-order valence-corrected chi connectivity index (χ1v) is 13.1. The summed E-state index contributed by atoms with van der Waals surface area (Å²) in [4.78, 5) is 2.59. The standard InChI is InChI=1S/C26H33N3O2S/c1-18(2)19-7-9-20(10-8-19)26-23-6-4-5-22(23)24-17-21(11-12-25(24)27-26)32(30,31)29-15-13-28(3)14-16-29/h4-5,7-12,17-18,22-23,26-27H,6,13-16H2,1-3H3. The minimum absolute atomic E-state index is 0.226. The van der Waals surface area contributed by atoms with Gasteiger partial charge >= 0.3 is 0 Å². The van der Waals surface area contributed by atoms with Gasteiger partial charge in [-0.3, -0.25) is 0 Å². The van der Waals surface area contributed by atoms with Gasteiger partial charge in [-0.05, 0) is 60.2 Å². The van der Waals surface area contributed by atoms with Crippen molar-refractivity contribution in [3.63, 3.8) is 0 Å². The van der Waals surface area contributed by atoms with Gasteiger partial charge in [-0.1, -0.05) is 50.3 Å². The average molecular weight is 452 g/mol. The van der Waals surface area contributed by atoms with E-state index >= 15 is 0 Å². The predicted octanol–water partition coefficient (Wildman–Crippen LogP) is 4.57. The highest BCUT2D eigenvalue weighted by Gasteiger charge is 2.39. The summed E-state index contributed by atoms with van der Waals surface area (Å²) in [7, 11) is -1.44. The summed E-state index contributed by atoms with van der Waals surface area (Å²) < 4.78 is 28.3. The molecule has 1 saturated heterocycles. The Balaban J connectivity index is 1.46. The van der Waals surface area contributed by atoms with Gasteiger partial charge in [-0.25, -0.2) is 8.42 Å². The highest BCUT2D eigenvalue weighted by Crippen LogP contribution is 2.50. The average Bonchev–Trinajstić information content (AvgIpc) is 3.29. The van der Waals surface area contributed by atoms with Crippen molar-refractivity contribution in [2.45, 2.75) is 43.0 Å². The van der Waals surface area contributed by atoms with E-state index in [0.717, 1.165) is 30.8 Å². The predicted molar refractivity (Wildman–Crippen MR) is 130 cm³/mol. The van der Waals surface area contributed by atoms with E-state index < -0.39 is 10.0 Å². The van der Waals surface area contributed by atoms with E-state index in [-0.39, 0.29) is 12.0 Å². The molecule has 3 atom stereocenters. The molecule has 6 heteroatoms. The van der Waals surface area contributed by atoms with Crippen LogP contribution >= 0.6 is 0 Å². The molecule has 5 nitrogen and oxygen atoms in total. The van der Waals surface area contributed by atoms with E-state index in [1.165, 1.54) is 11.1 Å². The van der Waals surface area contributed by atoms with Crippen LogP contribution in [0.5, 0.6) is 0 Å². The van der Waals surface area contributed by atoms with Gasteiger partial charge in [-0.15, -0.1) is 0 Å². The number of nitrogens with one attached hydrogen (secondary N) is 1. The van der Waals surface area contributed by atoms with Crippen molar-refractivity contribution in [1.29, 1.82) is 0 Å². The SMILES string of the molecule is CC(C)c1ccc(C2Nc3ccc(S(=O)(=O)N4CCN(C)CC4)cc3C3C=CCC32)cc1. The van der Waals surface area contributed by atoms with Gasteiger partial charge in [0.2, 0.25) is 10.0 Å². The van der Waals surface area contributed by atoms with E-state index in [9.17, 15) is 8.42 Å².